The van der Waals surface area contributed by atoms with E-state index in [0.717, 1.165) is 11.6 Å². The summed E-state index contributed by atoms with van der Waals surface area (Å²) in [6.45, 7) is 0. The molecule has 0 unspecified atom stereocenters. The van der Waals surface area contributed by atoms with Gasteiger partial charge in [-0.2, -0.15) is 4.98 Å². The van der Waals surface area contributed by atoms with E-state index in [1.165, 1.54) is 12.1 Å². The molecule has 0 fully saturated rings. The van der Waals surface area contributed by atoms with E-state index < -0.39 is 5.82 Å². The molecular formula is C17H12Cl2FN3O2. The average molecular weight is 380 g/mol. The topological polar surface area (TPSA) is 68.0 Å². The molecule has 0 aliphatic rings. The maximum Gasteiger partial charge on any atom is 0.227 e. The van der Waals surface area contributed by atoms with Gasteiger partial charge in [-0.3, -0.25) is 4.79 Å². The van der Waals surface area contributed by atoms with Gasteiger partial charge in [-0.25, -0.2) is 4.39 Å². The average Bonchev–Trinajstić information content (AvgIpc) is 3.05. The minimum absolute atomic E-state index is 0.121. The Hall–Kier alpha value is -2.44. The normalized spacial score (nSPS) is 10.7. The molecule has 0 spiro atoms. The molecule has 25 heavy (non-hydrogen) atoms. The van der Waals surface area contributed by atoms with Gasteiger partial charge in [0.2, 0.25) is 17.6 Å². The van der Waals surface area contributed by atoms with Crippen LogP contribution in [0, 0.1) is 5.82 Å². The first kappa shape index (κ1) is 17.4. The second-order valence-corrected chi connectivity index (χ2v) is 6.03. The number of benzene rings is 2. The van der Waals surface area contributed by atoms with Crippen LogP contribution in [0.1, 0.15) is 12.3 Å². The van der Waals surface area contributed by atoms with Crippen LogP contribution >= 0.6 is 23.2 Å². The zero-order chi connectivity index (χ0) is 17.8. The van der Waals surface area contributed by atoms with Gasteiger partial charge < -0.3 is 9.84 Å². The summed E-state index contributed by atoms with van der Waals surface area (Å²) in [5.41, 5.74) is 1.11. The van der Waals surface area contributed by atoms with Crippen molar-refractivity contribution >= 4 is 34.8 Å². The van der Waals surface area contributed by atoms with E-state index in [2.05, 4.69) is 15.5 Å². The fraction of sp³-hybridized carbons (Fsp3) is 0.118. The molecule has 0 radical (unpaired) electrons. The van der Waals surface area contributed by atoms with Crippen LogP contribution in [0.3, 0.4) is 0 Å². The van der Waals surface area contributed by atoms with E-state index in [1.807, 2.05) is 0 Å². The Morgan fingerprint density at radius 2 is 1.92 bits per heavy atom. The van der Waals surface area contributed by atoms with Crippen molar-refractivity contribution in [3.05, 3.63) is 64.2 Å². The lowest BCUT2D eigenvalue weighted by Crippen LogP contribution is -2.12. The Kier molecular flexibility index (Phi) is 5.31. The molecule has 0 aliphatic heterocycles. The number of hydrogen-bond donors (Lipinski definition) is 1. The first-order valence-corrected chi connectivity index (χ1v) is 8.10. The Morgan fingerprint density at radius 3 is 2.64 bits per heavy atom. The fourth-order valence-corrected chi connectivity index (χ4v) is 2.44. The molecule has 1 amide bonds. The van der Waals surface area contributed by atoms with Crippen molar-refractivity contribution in [1.29, 1.82) is 0 Å². The third-order valence-electron chi connectivity index (χ3n) is 3.34. The Morgan fingerprint density at radius 1 is 1.16 bits per heavy atom. The summed E-state index contributed by atoms with van der Waals surface area (Å²) in [5, 5.41) is 7.24. The maximum atomic E-state index is 13.0. The highest BCUT2D eigenvalue weighted by Crippen LogP contribution is 2.23. The number of aryl methyl sites for hydroxylation is 1. The summed E-state index contributed by atoms with van der Waals surface area (Å²) in [6.07, 6.45) is 0.390. The van der Waals surface area contributed by atoms with E-state index >= 15 is 0 Å². The molecule has 0 saturated carbocycles. The van der Waals surface area contributed by atoms with Crippen LogP contribution in [0.2, 0.25) is 10.0 Å². The third kappa shape index (κ3) is 4.55. The third-order valence-corrected chi connectivity index (χ3v) is 3.91. The van der Waals surface area contributed by atoms with Crippen LogP contribution in [-0.4, -0.2) is 16.0 Å². The highest BCUT2D eigenvalue weighted by Gasteiger charge is 2.12. The molecular weight excluding hydrogens is 368 g/mol. The van der Waals surface area contributed by atoms with E-state index in [-0.39, 0.29) is 23.8 Å². The molecule has 1 heterocycles. The van der Waals surface area contributed by atoms with Crippen molar-refractivity contribution in [3.8, 4) is 11.4 Å². The quantitative estimate of drug-likeness (QED) is 0.694. The van der Waals surface area contributed by atoms with Crippen LogP contribution < -0.4 is 5.32 Å². The van der Waals surface area contributed by atoms with E-state index in [9.17, 15) is 9.18 Å². The fourth-order valence-electron chi connectivity index (χ4n) is 2.10. The van der Waals surface area contributed by atoms with E-state index in [0.29, 0.717) is 22.4 Å². The number of aromatic nitrogens is 2. The second-order valence-electron chi connectivity index (χ2n) is 5.19. The summed E-state index contributed by atoms with van der Waals surface area (Å²) in [4.78, 5) is 16.2. The van der Waals surface area contributed by atoms with Crippen LogP contribution in [0.15, 0.2) is 47.0 Å². The van der Waals surface area contributed by atoms with Gasteiger partial charge in [0.1, 0.15) is 5.82 Å². The summed E-state index contributed by atoms with van der Waals surface area (Å²) in [5.74, 6) is 0.00213. The van der Waals surface area contributed by atoms with Crippen molar-refractivity contribution in [2.45, 2.75) is 12.8 Å². The lowest BCUT2D eigenvalue weighted by Gasteiger charge is -2.06. The number of amides is 1. The second kappa shape index (κ2) is 7.63. The number of halogens is 3. The Labute approximate surface area is 152 Å². The Bertz CT molecular complexity index is 897. The summed E-state index contributed by atoms with van der Waals surface area (Å²) in [6, 6.07) is 10.8. The van der Waals surface area contributed by atoms with Crippen molar-refractivity contribution in [2.24, 2.45) is 0 Å². The molecule has 0 atom stereocenters. The molecule has 1 aromatic heterocycles. The number of nitrogens with zero attached hydrogens (tertiary/aromatic N) is 2. The zero-order valence-electron chi connectivity index (χ0n) is 12.8. The molecule has 0 saturated heterocycles. The highest BCUT2D eigenvalue weighted by atomic mass is 35.5. The number of carbonyl (C=O) groups is 1. The molecule has 8 heteroatoms. The molecule has 3 aromatic rings. The van der Waals surface area contributed by atoms with Gasteiger partial charge in [0.05, 0.1) is 10.7 Å². The van der Waals surface area contributed by atoms with Crippen molar-refractivity contribution < 1.29 is 13.7 Å². The van der Waals surface area contributed by atoms with Crippen LogP contribution in [0.4, 0.5) is 10.1 Å². The molecule has 128 valence electrons. The number of carbonyl (C=O) groups excluding carboxylic acids is 1. The van der Waals surface area contributed by atoms with Crippen molar-refractivity contribution in [3.63, 3.8) is 0 Å². The molecule has 0 aliphatic carbocycles. The first-order chi connectivity index (χ1) is 12.0. The Balaban J connectivity index is 1.58. The van der Waals surface area contributed by atoms with Gasteiger partial charge in [-0.15, -0.1) is 0 Å². The van der Waals surface area contributed by atoms with Gasteiger partial charge in [-0.1, -0.05) is 28.4 Å². The van der Waals surface area contributed by atoms with Crippen LogP contribution in [0.25, 0.3) is 11.4 Å². The van der Waals surface area contributed by atoms with Gasteiger partial charge in [0.25, 0.3) is 0 Å². The van der Waals surface area contributed by atoms with Gasteiger partial charge in [0.15, 0.2) is 0 Å². The standard InChI is InChI=1S/C17H12Cl2FN3O2/c18-11-3-1-10(2-4-11)17-22-16(25-23-17)8-7-15(24)21-14-6-5-12(20)9-13(14)19/h1-6,9H,7-8H2,(H,21,24). The largest absolute Gasteiger partial charge is 0.339 e. The number of rotatable bonds is 5. The van der Waals surface area contributed by atoms with Gasteiger partial charge >= 0.3 is 0 Å². The SMILES string of the molecule is O=C(CCc1nc(-c2ccc(Cl)cc2)no1)Nc1ccc(F)cc1Cl. The van der Waals surface area contributed by atoms with Gasteiger partial charge in [-0.05, 0) is 42.5 Å². The molecule has 5 nitrogen and oxygen atoms in total. The smallest absolute Gasteiger partial charge is 0.227 e. The zero-order valence-corrected chi connectivity index (χ0v) is 14.3. The first-order valence-electron chi connectivity index (χ1n) is 7.35. The predicted octanol–water partition coefficient (Wildman–Crippen LogP) is 4.75. The van der Waals surface area contributed by atoms with Crippen molar-refractivity contribution in [1.82, 2.24) is 10.1 Å². The molecule has 1 N–H and O–H groups in total. The number of nitrogens with one attached hydrogen (secondary N) is 1. The molecule has 3 rings (SSSR count). The summed E-state index contributed by atoms with van der Waals surface area (Å²) < 4.78 is 18.1. The lowest BCUT2D eigenvalue weighted by atomic mass is 10.2. The number of anilines is 1. The molecule has 0 bridgehead atoms. The maximum absolute atomic E-state index is 13.0. The number of hydrogen-bond acceptors (Lipinski definition) is 4. The lowest BCUT2D eigenvalue weighted by molar-refractivity contribution is -0.116. The van der Waals surface area contributed by atoms with Crippen molar-refractivity contribution in [2.75, 3.05) is 5.32 Å². The monoisotopic (exact) mass is 379 g/mol. The minimum Gasteiger partial charge on any atom is -0.339 e. The molecule has 2 aromatic carbocycles. The van der Waals surface area contributed by atoms with Crippen LogP contribution in [0.5, 0.6) is 0 Å². The highest BCUT2D eigenvalue weighted by molar-refractivity contribution is 6.33. The summed E-state index contributed by atoms with van der Waals surface area (Å²) >= 11 is 11.7. The van der Waals surface area contributed by atoms with Crippen LogP contribution in [-0.2, 0) is 11.2 Å². The van der Waals surface area contributed by atoms with E-state index in [1.54, 1.807) is 24.3 Å². The van der Waals surface area contributed by atoms with Gasteiger partial charge in [0, 0.05) is 23.4 Å². The minimum atomic E-state index is -0.469. The summed E-state index contributed by atoms with van der Waals surface area (Å²) in [7, 11) is 0. The predicted molar refractivity (Wildman–Crippen MR) is 93.1 cm³/mol. The van der Waals surface area contributed by atoms with E-state index in [4.69, 9.17) is 27.7 Å².